The van der Waals surface area contributed by atoms with E-state index in [1.165, 1.54) is 30.5 Å². The summed E-state index contributed by atoms with van der Waals surface area (Å²) in [4.78, 5) is 36.5. The smallest absolute Gasteiger partial charge is 0.262 e. The molecule has 0 unspecified atom stereocenters. The SMILES string of the molecule is C=CCc1cc(C=NNC(=O)CC(=O)Nc2ccccc2)cc(OCC)c1OCC(=O)Nc1ccc(F)cc1. The van der Waals surface area contributed by atoms with Crippen LogP contribution < -0.4 is 25.5 Å². The lowest BCUT2D eigenvalue weighted by Crippen LogP contribution is -2.24. The molecule has 0 heterocycles. The van der Waals surface area contributed by atoms with Gasteiger partial charge in [0.1, 0.15) is 12.2 Å². The van der Waals surface area contributed by atoms with Crippen LogP contribution in [0.2, 0.25) is 0 Å². The van der Waals surface area contributed by atoms with Crippen LogP contribution in [0, 0.1) is 5.82 Å². The number of amides is 3. The largest absolute Gasteiger partial charge is 0.490 e. The van der Waals surface area contributed by atoms with Crippen molar-refractivity contribution in [3.63, 3.8) is 0 Å². The molecule has 0 atom stereocenters. The van der Waals surface area contributed by atoms with Crippen molar-refractivity contribution in [1.82, 2.24) is 5.43 Å². The van der Waals surface area contributed by atoms with Gasteiger partial charge in [-0.2, -0.15) is 5.10 Å². The molecule has 0 saturated carbocycles. The zero-order valence-corrected chi connectivity index (χ0v) is 21.4. The number of allylic oxidation sites excluding steroid dienone is 1. The van der Waals surface area contributed by atoms with Gasteiger partial charge in [0.05, 0.1) is 12.8 Å². The molecule has 3 aromatic rings. The van der Waals surface area contributed by atoms with Crippen LogP contribution in [0.3, 0.4) is 0 Å². The predicted octanol–water partition coefficient (Wildman–Crippen LogP) is 4.45. The first kappa shape index (κ1) is 28.6. The van der Waals surface area contributed by atoms with E-state index in [-0.39, 0.29) is 6.61 Å². The van der Waals surface area contributed by atoms with Gasteiger partial charge in [-0.25, -0.2) is 9.82 Å². The van der Waals surface area contributed by atoms with E-state index < -0.39 is 30.0 Å². The molecule has 9 nitrogen and oxygen atoms in total. The number of carbonyl (C=O) groups is 3. The highest BCUT2D eigenvalue weighted by molar-refractivity contribution is 6.03. The molecule has 202 valence electrons. The molecule has 0 fully saturated rings. The number of ether oxygens (including phenoxy) is 2. The molecule has 0 aliphatic carbocycles. The fourth-order valence-corrected chi connectivity index (χ4v) is 3.45. The second kappa shape index (κ2) is 14.7. The molecule has 0 aromatic heterocycles. The summed E-state index contributed by atoms with van der Waals surface area (Å²) in [6, 6.07) is 17.6. The number of hydrogen-bond donors (Lipinski definition) is 3. The molecule has 0 aliphatic heterocycles. The molecule has 0 bridgehead atoms. The van der Waals surface area contributed by atoms with Gasteiger partial charge in [-0.3, -0.25) is 14.4 Å². The molecule has 3 amide bonds. The van der Waals surface area contributed by atoms with Crippen LogP contribution in [0.25, 0.3) is 0 Å². The summed E-state index contributed by atoms with van der Waals surface area (Å²) in [5.41, 5.74) is 4.63. The van der Waals surface area contributed by atoms with Crippen LogP contribution in [0.15, 0.2) is 84.5 Å². The van der Waals surface area contributed by atoms with Crippen LogP contribution in [0.1, 0.15) is 24.5 Å². The number of nitrogens with zero attached hydrogens (tertiary/aromatic N) is 1. The van der Waals surface area contributed by atoms with Crippen molar-refractivity contribution < 1.29 is 28.2 Å². The van der Waals surface area contributed by atoms with E-state index in [0.717, 1.165) is 0 Å². The first-order chi connectivity index (χ1) is 18.9. The molecule has 3 rings (SSSR count). The maximum absolute atomic E-state index is 13.1. The first-order valence-electron chi connectivity index (χ1n) is 12.1. The van der Waals surface area contributed by atoms with Gasteiger partial charge in [-0.15, -0.1) is 6.58 Å². The van der Waals surface area contributed by atoms with Crippen molar-refractivity contribution in [3.8, 4) is 11.5 Å². The lowest BCUT2D eigenvalue weighted by molar-refractivity contribution is -0.126. The Morgan fingerprint density at radius 1 is 0.923 bits per heavy atom. The fourth-order valence-electron chi connectivity index (χ4n) is 3.45. The van der Waals surface area contributed by atoms with E-state index in [9.17, 15) is 18.8 Å². The summed E-state index contributed by atoms with van der Waals surface area (Å²) in [6.45, 7) is 5.60. The van der Waals surface area contributed by atoms with Crippen LogP contribution in [0.4, 0.5) is 15.8 Å². The number of para-hydroxylation sites is 1. The molecular weight excluding hydrogens is 503 g/mol. The molecule has 0 radical (unpaired) electrons. The Kier molecular flexibility index (Phi) is 10.8. The monoisotopic (exact) mass is 532 g/mol. The van der Waals surface area contributed by atoms with Crippen LogP contribution in [-0.2, 0) is 20.8 Å². The lowest BCUT2D eigenvalue weighted by atomic mass is 10.1. The van der Waals surface area contributed by atoms with Crippen LogP contribution >= 0.6 is 0 Å². The Morgan fingerprint density at radius 3 is 2.31 bits per heavy atom. The van der Waals surface area contributed by atoms with Crippen molar-refractivity contribution in [2.75, 3.05) is 23.8 Å². The van der Waals surface area contributed by atoms with E-state index >= 15 is 0 Å². The second-order valence-electron chi connectivity index (χ2n) is 8.16. The number of hydrogen-bond acceptors (Lipinski definition) is 6. The standard InChI is InChI=1S/C29H29FN4O5/c1-3-8-21-15-20(18-31-34-27(36)17-26(35)32-23-9-6-5-7-10-23)16-25(38-4-2)29(21)39-19-28(37)33-24-13-11-22(30)12-14-24/h3,5-7,9-16,18H,1,4,8,17,19H2,2H3,(H,32,35)(H,33,37)(H,34,36). The number of rotatable bonds is 13. The quantitative estimate of drug-likeness (QED) is 0.130. The minimum Gasteiger partial charge on any atom is -0.490 e. The Hall–Kier alpha value is -4.99. The number of benzene rings is 3. The topological polar surface area (TPSA) is 118 Å². The maximum Gasteiger partial charge on any atom is 0.262 e. The van der Waals surface area contributed by atoms with Gasteiger partial charge in [-0.1, -0.05) is 24.3 Å². The average Bonchev–Trinajstić information content (AvgIpc) is 2.90. The molecule has 0 aliphatic rings. The van der Waals surface area contributed by atoms with E-state index in [1.54, 1.807) is 49.4 Å². The summed E-state index contributed by atoms with van der Waals surface area (Å²) in [5, 5.41) is 9.21. The molecule has 3 N–H and O–H groups in total. The summed E-state index contributed by atoms with van der Waals surface area (Å²) in [7, 11) is 0. The zero-order chi connectivity index (χ0) is 28.0. The van der Waals surface area contributed by atoms with Gasteiger partial charge in [0.15, 0.2) is 18.1 Å². The van der Waals surface area contributed by atoms with Gasteiger partial charge in [0.2, 0.25) is 11.8 Å². The molecule has 3 aromatic carbocycles. The zero-order valence-electron chi connectivity index (χ0n) is 21.4. The summed E-state index contributed by atoms with van der Waals surface area (Å²) in [6.07, 6.45) is 3.09. The number of halogens is 1. The Balaban J connectivity index is 1.64. The molecule has 10 heteroatoms. The van der Waals surface area contributed by atoms with E-state index in [0.29, 0.717) is 47.0 Å². The second-order valence-corrected chi connectivity index (χ2v) is 8.16. The maximum atomic E-state index is 13.1. The van der Waals surface area contributed by atoms with Gasteiger partial charge in [0, 0.05) is 16.9 Å². The van der Waals surface area contributed by atoms with Crippen molar-refractivity contribution in [2.45, 2.75) is 19.8 Å². The normalized spacial score (nSPS) is 10.5. The fraction of sp³-hybridized carbons (Fsp3) is 0.172. The molecule has 0 spiro atoms. The minimum absolute atomic E-state index is 0.309. The average molecular weight is 533 g/mol. The Labute approximate surface area is 225 Å². The van der Waals surface area contributed by atoms with Gasteiger partial charge in [-0.05, 0) is 67.4 Å². The lowest BCUT2D eigenvalue weighted by Gasteiger charge is -2.16. The summed E-state index contributed by atoms with van der Waals surface area (Å²) >= 11 is 0. The highest BCUT2D eigenvalue weighted by Crippen LogP contribution is 2.33. The molecule has 39 heavy (non-hydrogen) atoms. The van der Waals surface area contributed by atoms with Crippen molar-refractivity contribution in [2.24, 2.45) is 5.10 Å². The van der Waals surface area contributed by atoms with Crippen molar-refractivity contribution in [3.05, 3.63) is 96.3 Å². The van der Waals surface area contributed by atoms with E-state index in [1.807, 2.05) is 6.07 Å². The third kappa shape index (κ3) is 9.43. The number of carbonyl (C=O) groups excluding carboxylic acids is 3. The molecule has 0 saturated heterocycles. The Bertz CT molecular complexity index is 1330. The third-order valence-electron chi connectivity index (χ3n) is 5.08. The number of hydrazone groups is 1. The minimum atomic E-state index is -0.580. The summed E-state index contributed by atoms with van der Waals surface area (Å²) < 4.78 is 24.6. The molecular formula is C29H29FN4O5. The van der Waals surface area contributed by atoms with Crippen molar-refractivity contribution in [1.29, 1.82) is 0 Å². The number of nitrogens with one attached hydrogen (secondary N) is 3. The van der Waals surface area contributed by atoms with Gasteiger partial charge < -0.3 is 20.1 Å². The van der Waals surface area contributed by atoms with Gasteiger partial charge >= 0.3 is 0 Å². The highest BCUT2D eigenvalue weighted by Gasteiger charge is 2.15. The predicted molar refractivity (Wildman–Crippen MR) is 147 cm³/mol. The van der Waals surface area contributed by atoms with E-state index in [2.05, 4.69) is 27.7 Å². The van der Waals surface area contributed by atoms with Gasteiger partial charge in [0.25, 0.3) is 5.91 Å². The number of anilines is 2. The van der Waals surface area contributed by atoms with Crippen LogP contribution in [0.5, 0.6) is 11.5 Å². The first-order valence-corrected chi connectivity index (χ1v) is 12.1. The summed E-state index contributed by atoms with van der Waals surface area (Å²) in [5.74, 6) is -1.14. The van der Waals surface area contributed by atoms with E-state index in [4.69, 9.17) is 9.47 Å². The highest BCUT2D eigenvalue weighted by atomic mass is 19.1. The van der Waals surface area contributed by atoms with Crippen molar-refractivity contribution >= 4 is 35.3 Å². The third-order valence-corrected chi connectivity index (χ3v) is 5.08. The van der Waals surface area contributed by atoms with Crippen LogP contribution in [-0.4, -0.2) is 37.1 Å². The Morgan fingerprint density at radius 2 is 1.62 bits per heavy atom.